The van der Waals surface area contributed by atoms with Gasteiger partial charge in [-0.05, 0) is 30.9 Å². The normalized spacial score (nSPS) is 14.0. The third kappa shape index (κ3) is 2.59. The summed E-state index contributed by atoms with van der Waals surface area (Å²) < 4.78 is 4.83. The van der Waals surface area contributed by atoms with Gasteiger partial charge in [0.2, 0.25) is 0 Å². The summed E-state index contributed by atoms with van der Waals surface area (Å²) in [4.78, 5) is 30.6. The van der Waals surface area contributed by atoms with Crippen molar-refractivity contribution in [1.82, 2.24) is 9.97 Å². The first-order valence-electron chi connectivity index (χ1n) is 7.02. The fourth-order valence-electron chi connectivity index (χ4n) is 2.72. The Morgan fingerprint density at radius 1 is 1.33 bits per heavy atom. The Morgan fingerprint density at radius 2 is 2.00 bits per heavy atom. The molecule has 2 aromatic rings. The van der Waals surface area contributed by atoms with Crippen LogP contribution in [0.15, 0.2) is 35.3 Å². The molecule has 1 aliphatic carbocycles. The van der Waals surface area contributed by atoms with E-state index >= 15 is 0 Å². The molecule has 5 heteroatoms. The van der Waals surface area contributed by atoms with Crippen LogP contribution in [-0.2, 0) is 17.6 Å². The van der Waals surface area contributed by atoms with Crippen LogP contribution in [0.4, 0.5) is 0 Å². The number of nitrogens with zero attached hydrogens (tertiary/aromatic N) is 1. The maximum Gasteiger partial charge on any atom is 0.345 e. The number of esters is 1. The maximum absolute atomic E-state index is 12.0. The number of carbonyl (C=O) groups is 1. The second-order valence-corrected chi connectivity index (χ2v) is 5.11. The third-order valence-corrected chi connectivity index (χ3v) is 3.75. The van der Waals surface area contributed by atoms with Crippen LogP contribution in [0.3, 0.4) is 0 Å². The number of H-pyrrole nitrogens is 1. The monoisotopic (exact) mass is 284 g/mol. The molecule has 0 aliphatic heterocycles. The Hall–Kier alpha value is -2.43. The smallest absolute Gasteiger partial charge is 0.345 e. The first kappa shape index (κ1) is 13.5. The zero-order chi connectivity index (χ0) is 14.8. The highest BCUT2D eigenvalue weighted by molar-refractivity contribution is 5.88. The van der Waals surface area contributed by atoms with Crippen molar-refractivity contribution in [3.8, 4) is 0 Å². The molecule has 0 unspecified atom stereocenters. The summed E-state index contributed by atoms with van der Waals surface area (Å²) in [5.74, 6) is 0.156. The maximum atomic E-state index is 12.0. The Kier molecular flexibility index (Phi) is 3.56. The minimum Gasteiger partial charge on any atom is -0.462 e. The Morgan fingerprint density at radius 3 is 2.57 bits per heavy atom. The van der Waals surface area contributed by atoms with E-state index in [0.29, 0.717) is 5.82 Å². The fourth-order valence-corrected chi connectivity index (χ4v) is 2.72. The summed E-state index contributed by atoms with van der Waals surface area (Å²) >= 11 is 0. The average molecular weight is 284 g/mol. The number of hydrogen-bond acceptors (Lipinski definition) is 4. The summed E-state index contributed by atoms with van der Waals surface area (Å²) in [7, 11) is 0. The molecule has 1 aliphatic rings. The molecule has 108 valence electrons. The van der Waals surface area contributed by atoms with Gasteiger partial charge in [-0.2, -0.15) is 0 Å². The summed E-state index contributed by atoms with van der Waals surface area (Å²) in [5, 5.41) is 0. The second-order valence-electron chi connectivity index (χ2n) is 5.11. The number of rotatable bonds is 3. The predicted octanol–water partition coefficient (Wildman–Crippen LogP) is 1.83. The highest BCUT2D eigenvalue weighted by atomic mass is 16.5. The van der Waals surface area contributed by atoms with Crippen molar-refractivity contribution in [2.24, 2.45) is 0 Å². The van der Waals surface area contributed by atoms with E-state index in [1.54, 1.807) is 6.92 Å². The number of hydrogen-bond donors (Lipinski definition) is 1. The van der Waals surface area contributed by atoms with Gasteiger partial charge in [0.15, 0.2) is 0 Å². The van der Waals surface area contributed by atoms with E-state index in [4.69, 9.17) is 4.74 Å². The van der Waals surface area contributed by atoms with E-state index in [1.807, 2.05) is 12.1 Å². The Labute approximate surface area is 122 Å². The van der Waals surface area contributed by atoms with Gasteiger partial charge in [0.25, 0.3) is 5.56 Å². The zero-order valence-corrected chi connectivity index (χ0v) is 11.8. The topological polar surface area (TPSA) is 72.0 Å². The molecule has 0 saturated heterocycles. The van der Waals surface area contributed by atoms with Crippen LogP contribution in [0.25, 0.3) is 0 Å². The van der Waals surface area contributed by atoms with Gasteiger partial charge in [0, 0.05) is 12.1 Å². The van der Waals surface area contributed by atoms with Gasteiger partial charge in [-0.1, -0.05) is 24.3 Å². The molecular formula is C16H16N2O3. The van der Waals surface area contributed by atoms with Crippen molar-refractivity contribution in [2.75, 3.05) is 6.61 Å². The van der Waals surface area contributed by atoms with Crippen molar-refractivity contribution in [3.63, 3.8) is 0 Å². The van der Waals surface area contributed by atoms with Gasteiger partial charge >= 0.3 is 5.97 Å². The molecular weight excluding hydrogens is 268 g/mol. The van der Waals surface area contributed by atoms with Crippen molar-refractivity contribution in [1.29, 1.82) is 0 Å². The van der Waals surface area contributed by atoms with E-state index in [9.17, 15) is 9.59 Å². The van der Waals surface area contributed by atoms with Gasteiger partial charge in [0.05, 0.1) is 6.61 Å². The van der Waals surface area contributed by atoms with E-state index in [-0.39, 0.29) is 18.1 Å². The van der Waals surface area contributed by atoms with Crippen molar-refractivity contribution >= 4 is 5.97 Å². The number of aromatic amines is 1. The Balaban J connectivity index is 1.84. The zero-order valence-electron chi connectivity index (χ0n) is 11.8. The molecule has 0 bridgehead atoms. The average Bonchev–Trinajstić information content (AvgIpc) is 2.91. The minimum atomic E-state index is -0.632. The minimum absolute atomic E-state index is 0.0453. The van der Waals surface area contributed by atoms with Gasteiger partial charge in [0.1, 0.15) is 11.4 Å². The first-order chi connectivity index (χ1) is 10.2. The number of aromatic nitrogens is 2. The van der Waals surface area contributed by atoms with E-state index in [2.05, 4.69) is 22.1 Å². The molecule has 0 fully saturated rings. The van der Waals surface area contributed by atoms with Crippen LogP contribution in [0.2, 0.25) is 0 Å². The molecule has 0 radical (unpaired) electrons. The largest absolute Gasteiger partial charge is 0.462 e. The molecule has 3 rings (SSSR count). The molecule has 1 aromatic carbocycles. The standard InChI is InChI=1S/C16H16N2O3/c1-2-21-16(20)13-9-17-14(18-15(13)19)12-7-10-5-3-4-6-11(10)8-12/h3-6,9,12H,2,7-8H2,1H3,(H,17,18,19). The lowest BCUT2D eigenvalue weighted by Crippen LogP contribution is -2.23. The number of nitrogens with one attached hydrogen (secondary N) is 1. The van der Waals surface area contributed by atoms with Crippen molar-refractivity contribution < 1.29 is 9.53 Å². The van der Waals surface area contributed by atoms with E-state index < -0.39 is 11.5 Å². The molecule has 21 heavy (non-hydrogen) atoms. The van der Waals surface area contributed by atoms with Crippen LogP contribution < -0.4 is 5.56 Å². The van der Waals surface area contributed by atoms with E-state index in [0.717, 1.165) is 12.8 Å². The van der Waals surface area contributed by atoms with Crippen LogP contribution in [0, 0.1) is 0 Å². The van der Waals surface area contributed by atoms with Gasteiger partial charge < -0.3 is 9.72 Å². The predicted molar refractivity (Wildman–Crippen MR) is 77.4 cm³/mol. The molecule has 5 nitrogen and oxygen atoms in total. The quantitative estimate of drug-likeness (QED) is 0.873. The number of benzene rings is 1. The third-order valence-electron chi connectivity index (χ3n) is 3.75. The Bertz CT molecular complexity index is 711. The first-order valence-corrected chi connectivity index (χ1v) is 7.02. The van der Waals surface area contributed by atoms with E-state index in [1.165, 1.54) is 17.3 Å². The van der Waals surface area contributed by atoms with Gasteiger partial charge in [-0.15, -0.1) is 0 Å². The van der Waals surface area contributed by atoms with Gasteiger partial charge in [-0.25, -0.2) is 9.78 Å². The summed E-state index contributed by atoms with van der Waals surface area (Å²) in [5.41, 5.74) is 2.10. The van der Waals surface area contributed by atoms with Crippen molar-refractivity contribution in [3.05, 3.63) is 63.3 Å². The summed E-state index contributed by atoms with van der Waals surface area (Å²) in [6, 6.07) is 8.23. The SMILES string of the molecule is CCOC(=O)c1cnc(C2Cc3ccccc3C2)[nH]c1=O. The highest BCUT2D eigenvalue weighted by Gasteiger charge is 2.25. The van der Waals surface area contributed by atoms with Crippen LogP contribution in [-0.4, -0.2) is 22.5 Å². The molecule has 1 heterocycles. The van der Waals surface area contributed by atoms with Crippen LogP contribution >= 0.6 is 0 Å². The number of fused-ring (bicyclic) bond motifs is 1. The molecule has 0 atom stereocenters. The lowest BCUT2D eigenvalue weighted by atomic mass is 10.1. The van der Waals surface area contributed by atoms with Crippen molar-refractivity contribution in [2.45, 2.75) is 25.7 Å². The lowest BCUT2D eigenvalue weighted by Gasteiger charge is -2.08. The lowest BCUT2D eigenvalue weighted by molar-refractivity contribution is 0.0523. The molecule has 0 spiro atoms. The fraction of sp³-hybridized carbons (Fsp3) is 0.312. The number of carbonyl (C=O) groups excluding carboxylic acids is 1. The molecule has 1 N–H and O–H groups in total. The summed E-state index contributed by atoms with van der Waals surface area (Å²) in [6.45, 7) is 1.93. The molecule has 0 amide bonds. The molecule has 1 aromatic heterocycles. The molecule has 0 saturated carbocycles. The van der Waals surface area contributed by atoms with Gasteiger partial charge in [-0.3, -0.25) is 4.79 Å². The second kappa shape index (κ2) is 5.52. The number of ether oxygens (including phenoxy) is 1. The summed E-state index contributed by atoms with van der Waals surface area (Å²) in [6.07, 6.45) is 3.03. The van der Waals surface area contributed by atoms with Crippen LogP contribution in [0.1, 0.15) is 40.2 Å². The van der Waals surface area contributed by atoms with Crippen LogP contribution in [0.5, 0.6) is 0 Å². The highest BCUT2D eigenvalue weighted by Crippen LogP contribution is 2.31.